The Balaban J connectivity index is 0.000000326. The average Bonchev–Trinajstić information content (AvgIpc) is 1.60. The molecule has 16 heteroatoms. The number of rotatable bonds is 18. The van der Waals surface area contributed by atoms with E-state index < -0.39 is 5.97 Å². The Hall–Kier alpha value is -10.0. The number of carboxylic acid groups (broad SMARTS) is 1. The highest BCUT2D eigenvalue weighted by atomic mass is 35.5. The standard InChI is InChI=1S/C21H25NO3S.C17H16N2.C17H17N.C12H12N2.C12H11N.C5H10O.C2H4O2.CH4.2ClH/c1-16-21(2,3)19-12-11-18(17-9-5-4-6-10-17)15-20(19)22(16)13-7-8-14-26-25-24-23;1-4-10-16(11-5-1)18-14-8-3-9-15-19-17-12-6-2-7-13-17;1-12-17(2,3)15-10-9-14(11-16(15)18-12)13-7-5-4-6-8-13;13-14-12-8-4-7-11(9-12)10-5-2-1-3-6-10;13-12-8-4-7-11(9-12)10-5-2-1-3-6-10;1-4(2)5(3)6;1-2(3)4;;;/h4-6,9-12,15H,7-8,13-14H2,1-3H3;1-15,18H;4-11H,1-3H3;1-9,14H,13H2;1-9H,13H2;4H,1-3H3;1H3,(H,3,4);1H4;2*1H/b;9-3+,14-8+,19-15?;;;;;;;;. The minimum Gasteiger partial charge on any atom is -0.691 e. The maximum Gasteiger partial charge on any atom is 0.300 e. The Bertz CT molecular complexity index is 4270. The van der Waals surface area contributed by atoms with E-state index in [-0.39, 0.29) is 54.8 Å². The number of hydrogen-bond donors (Lipinski definition) is 5. The molecule has 540 valence electrons. The van der Waals surface area contributed by atoms with Crippen molar-refractivity contribution in [2.45, 2.75) is 100 Å². The molecule has 0 saturated heterocycles. The molecule has 12 rings (SSSR count). The van der Waals surface area contributed by atoms with Crippen LogP contribution in [0.1, 0.15) is 101 Å². The van der Waals surface area contributed by atoms with E-state index in [1.54, 1.807) is 13.1 Å². The molecular weight excluding hydrogens is 1340 g/mol. The number of anilines is 3. The highest BCUT2D eigenvalue weighted by Crippen LogP contribution is 2.43. The first-order valence-electron chi connectivity index (χ1n) is 33.3. The summed E-state index contributed by atoms with van der Waals surface area (Å²) < 4.78 is 6.76. The van der Waals surface area contributed by atoms with Crippen LogP contribution in [0.4, 0.5) is 34.1 Å². The molecular formula is C87H101Cl2N7O6S. The summed E-state index contributed by atoms with van der Waals surface area (Å²) in [5.41, 5.74) is 29.6. The van der Waals surface area contributed by atoms with Crippen molar-refractivity contribution in [1.82, 2.24) is 0 Å². The number of hydrazine groups is 1. The van der Waals surface area contributed by atoms with Crippen LogP contribution in [0.25, 0.3) is 44.5 Å². The van der Waals surface area contributed by atoms with E-state index in [4.69, 9.17) is 26.5 Å². The average molecular weight is 1440 g/mol. The number of benzene rings is 10. The van der Waals surface area contributed by atoms with Crippen molar-refractivity contribution in [3.05, 3.63) is 302 Å². The van der Waals surface area contributed by atoms with Gasteiger partial charge in [-0.1, -0.05) is 247 Å². The smallest absolute Gasteiger partial charge is 0.300 e. The molecule has 0 spiro atoms. The lowest BCUT2D eigenvalue weighted by Crippen LogP contribution is -2.26. The maximum absolute atomic E-state index is 10.1. The number of nitrogens with two attached hydrogens (primary N) is 2. The third-order valence-corrected chi connectivity index (χ3v) is 17.2. The molecule has 0 aliphatic carbocycles. The van der Waals surface area contributed by atoms with E-state index in [0.717, 1.165) is 72.5 Å². The van der Waals surface area contributed by atoms with Crippen molar-refractivity contribution in [3.63, 3.8) is 0 Å². The SMILES string of the molecule is C.C(/C=C/C=C/Nc1ccccc1)=Nc1ccccc1.CC(=O)C(C)C.CC(=O)O.CC1=Nc2cc(-c3ccccc3)ccc2C1(C)C.CC1=[N+](CCCCSOO[O-])c2cc(-c3ccccc3)ccc2C1(C)C.Cl.Cl.NNc1cccc(-c2ccccc2)c1.Nc1cccc(-c2ccccc2)c1. The normalized spacial score (nSPS) is 12.2. The summed E-state index contributed by atoms with van der Waals surface area (Å²) in [6.07, 6.45) is 11.4. The van der Waals surface area contributed by atoms with Crippen LogP contribution in [-0.4, -0.2) is 51.4 Å². The van der Waals surface area contributed by atoms with Gasteiger partial charge in [0.15, 0.2) is 5.71 Å². The van der Waals surface area contributed by atoms with E-state index in [1.807, 2.05) is 184 Å². The van der Waals surface area contributed by atoms with Crippen LogP contribution >= 0.6 is 36.9 Å². The van der Waals surface area contributed by atoms with Crippen LogP contribution in [0.2, 0.25) is 0 Å². The van der Waals surface area contributed by atoms with Crippen molar-refractivity contribution < 1.29 is 33.9 Å². The summed E-state index contributed by atoms with van der Waals surface area (Å²) in [4.78, 5) is 28.1. The van der Waals surface area contributed by atoms with Crippen LogP contribution in [0, 0.1) is 5.92 Å². The monoisotopic (exact) mass is 1440 g/mol. The van der Waals surface area contributed by atoms with Crippen molar-refractivity contribution in [2.75, 3.05) is 28.8 Å². The maximum atomic E-state index is 10.1. The molecule has 0 radical (unpaired) electrons. The van der Waals surface area contributed by atoms with Gasteiger partial charge in [-0.3, -0.25) is 30.5 Å². The van der Waals surface area contributed by atoms with Crippen LogP contribution in [-0.2, 0) is 29.8 Å². The third kappa shape index (κ3) is 29.1. The van der Waals surface area contributed by atoms with Crippen molar-refractivity contribution in [1.29, 1.82) is 0 Å². The molecule has 10 aromatic rings. The molecule has 103 heavy (non-hydrogen) atoms. The number of carbonyl (C=O) groups is 2. The van der Waals surface area contributed by atoms with Gasteiger partial charge in [-0.25, -0.2) is 0 Å². The Labute approximate surface area is 628 Å². The number of aliphatic imine (C=N–C) groups is 2. The van der Waals surface area contributed by atoms with Gasteiger partial charge in [-0.05, 0) is 151 Å². The number of nitrogens with zero attached hydrogens (tertiary/aromatic N) is 3. The number of halogens is 2. The summed E-state index contributed by atoms with van der Waals surface area (Å²) in [7, 11) is 0. The zero-order valence-corrected chi connectivity index (χ0v) is 62.4. The van der Waals surface area contributed by atoms with E-state index in [9.17, 15) is 10.1 Å². The van der Waals surface area contributed by atoms with E-state index in [2.05, 4.69) is 193 Å². The number of unbranched alkanes of at least 4 members (excludes halogenated alkanes) is 1. The first-order chi connectivity index (χ1) is 48.2. The largest absolute Gasteiger partial charge is 0.691 e. The van der Waals surface area contributed by atoms with Crippen LogP contribution in [0.15, 0.2) is 301 Å². The van der Waals surface area contributed by atoms with Gasteiger partial charge in [-0.2, -0.15) is 8.91 Å². The molecule has 13 nitrogen and oxygen atoms in total. The van der Waals surface area contributed by atoms with Gasteiger partial charge >= 0.3 is 0 Å². The van der Waals surface area contributed by atoms with Gasteiger partial charge < -0.3 is 26.8 Å². The zero-order chi connectivity index (χ0) is 72.1. The fourth-order valence-corrected chi connectivity index (χ4v) is 10.7. The fourth-order valence-electron chi connectivity index (χ4n) is 10.3. The Morgan fingerprint density at radius 1 is 0.573 bits per heavy atom. The molecule has 0 aromatic heterocycles. The molecule has 0 saturated carbocycles. The summed E-state index contributed by atoms with van der Waals surface area (Å²) in [5.74, 6) is 5.73. The number of fused-ring (bicyclic) bond motifs is 2. The first-order valence-corrected chi connectivity index (χ1v) is 34.2. The van der Waals surface area contributed by atoms with E-state index in [0.29, 0.717) is 0 Å². The quantitative estimate of drug-likeness (QED) is 0.00630. The second-order valence-corrected chi connectivity index (χ2v) is 25.6. The molecule has 2 aliphatic rings. The Morgan fingerprint density at radius 3 is 1.50 bits per heavy atom. The predicted molar refractivity (Wildman–Crippen MR) is 441 cm³/mol. The van der Waals surface area contributed by atoms with E-state index >= 15 is 0 Å². The number of aliphatic carboxylic acids is 1. The van der Waals surface area contributed by atoms with Gasteiger partial charge in [-0.15, -0.1) is 24.8 Å². The van der Waals surface area contributed by atoms with Gasteiger partial charge in [0.2, 0.25) is 5.69 Å². The van der Waals surface area contributed by atoms with Crippen LogP contribution in [0.3, 0.4) is 0 Å². The minimum atomic E-state index is -0.833. The lowest BCUT2D eigenvalue weighted by atomic mass is 9.82. The van der Waals surface area contributed by atoms with Gasteiger partial charge in [0.25, 0.3) is 5.97 Å². The minimum absolute atomic E-state index is 0. The molecule has 7 N–H and O–H groups in total. The molecule has 0 amide bonds. The number of carbonyl (C=O) groups excluding carboxylic acids is 1. The molecule has 2 heterocycles. The predicted octanol–water partition coefficient (Wildman–Crippen LogP) is 22.1. The third-order valence-electron chi connectivity index (χ3n) is 16.6. The summed E-state index contributed by atoms with van der Waals surface area (Å²) in [6, 6.07) is 90.6. The van der Waals surface area contributed by atoms with Crippen molar-refractivity contribution >= 4 is 100 Å². The molecule has 0 unspecified atom stereocenters. The zero-order valence-electron chi connectivity index (χ0n) is 59.9. The number of Topliss-reactive ketones (excluding diaryl/α,β-unsaturated/α-hetero) is 1. The summed E-state index contributed by atoms with van der Waals surface area (Å²) in [6.45, 7) is 20.8. The number of para-hydroxylation sites is 2. The molecule has 0 fully saturated rings. The molecule has 2 aliphatic heterocycles. The van der Waals surface area contributed by atoms with Gasteiger partial charge in [0.05, 0.1) is 16.8 Å². The number of allylic oxidation sites excluding steroid dienone is 3. The van der Waals surface area contributed by atoms with Gasteiger partial charge in [0, 0.05) is 96.2 Å². The van der Waals surface area contributed by atoms with Gasteiger partial charge in [0.1, 0.15) is 12.3 Å². The molecule has 10 aromatic carbocycles. The number of nitrogen functional groups attached to an aromatic ring is 2. The highest BCUT2D eigenvalue weighted by Gasteiger charge is 2.43. The first kappa shape index (κ1) is 87.2. The number of hydrogen-bond acceptors (Lipinski definition) is 12. The summed E-state index contributed by atoms with van der Waals surface area (Å²) in [5, 5.41) is 23.8. The number of carboxylic acids is 1. The highest BCUT2D eigenvalue weighted by molar-refractivity contribution is 7.94. The Morgan fingerprint density at radius 2 is 1.01 bits per heavy atom. The topological polar surface area (TPSA) is 200 Å². The number of nitrogens with one attached hydrogen (secondary N) is 2. The number of ketones is 1. The Kier molecular flexibility index (Phi) is 39.4. The van der Waals surface area contributed by atoms with Crippen LogP contribution in [0.5, 0.6) is 0 Å². The van der Waals surface area contributed by atoms with Crippen molar-refractivity contribution in [2.24, 2.45) is 21.7 Å². The van der Waals surface area contributed by atoms with Crippen molar-refractivity contribution in [3.8, 4) is 44.5 Å². The molecule has 0 atom stereocenters. The lowest BCUT2D eigenvalue weighted by Gasteiger charge is -2.19. The lowest BCUT2D eigenvalue weighted by molar-refractivity contribution is -0.777. The fraction of sp³-hybridized carbons (Fsp3) is 0.207. The van der Waals surface area contributed by atoms with E-state index in [1.165, 1.54) is 72.7 Å². The second-order valence-electron chi connectivity index (χ2n) is 24.8. The molecule has 0 bridgehead atoms. The van der Waals surface area contributed by atoms with Crippen LogP contribution < -0.4 is 27.6 Å². The summed E-state index contributed by atoms with van der Waals surface area (Å²) >= 11 is 1.06. The second kappa shape index (κ2) is 46.5.